The van der Waals surface area contributed by atoms with Crippen molar-refractivity contribution in [1.82, 2.24) is 15.5 Å². The largest absolute Gasteiger partial charge is 0.490 e. The van der Waals surface area contributed by atoms with Crippen LogP contribution in [0.1, 0.15) is 37.4 Å². The SMILES string of the molecule is CC(C)Oc1ccc(-c2nc(-c3cccc4c3CC[C@@H]4NCCO)no2)cc1Br. The molecule has 1 aliphatic carbocycles. The topological polar surface area (TPSA) is 80.4 Å². The van der Waals surface area contributed by atoms with E-state index in [4.69, 9.17) is 14.4 Å². The monoisotopic (exact) mass is 457 g/mol. The predicted molar refractivity (Wildman–Crippen MR) is 115 cm³/mol. The summed E-state index contributed by atoms with van der Waals surface area (Å²) in [5.74, 6) is 1.85. The standard InChI is InChI=1S/C22H24BrN3O3/c1-13(2)28-20-9-6-14(12-18(20)23)22-25-21(26-29-22)17-5-3-4-16-15(17)7-8-19(16)24-10-11-27/h3-6,9,12-13,19,24,27H,7-8,10-11H2,1-2H3/t19-/m0/s1. The molecule has 0 amide bonds. The minimum atomic E-state index is 0.100. The number of fused-ring (bicyclic) bond motifs is 1. The maximum absolute atomic E-state index is 9.09. The van der Waals surface area contributed by atoms with Crippen LogP contribution in [-0.4, -0.2) is 34.5 Å². The van der Waals surface area contributed by atoms with Gasteiger partial charge in [-0.3, -0.25) is 0 Å². The van der Waals surface area contributed by atoms with Gasteiger partial charge in [0.2, 0.25) is 5.82 Å². The molecule has 0 unspecified atom stereocenters. The van der Waals surface area contributed by atoms with Gasteiger partial charge in [-0.15, -0.1) is 0 Å². The fourth-order valence-electron chi connectivity index (χ4n) is 3.75. The van der Waals surface area contributed by atoms with E-state index < -0.39 is 0 Å². The molecule has 0 radical (unpaired) electrons. The van der Waals surface area contributed by atoms with Crippen LogP contribution in [0, 0.1) is 0 Å². The van der Waals surface area contributed by atoms with Gasteiger partial charge in [-0.1, -0.05) is 23.4 Å². The van der Waals surface area contributed by atoms with Gasteiger partial charge in [0.05, 0.1) is 17.2 Å². The van der Waals surface area contributed by atoms with Gasteiger partial charge in [-0.2, -0.15) is 4.98 Å². The number of nitrogens with one attached hydrogen (secondary N) is 1. The van der Waals surface area contributed by atoms with E-state index in [0.29, 0.717) is 18.3 Å². The number of aromatic nitrogens is 2. The van der Waals surface area contributed by atoms with Gasteiger partial charge in [0.15, 0.2) is 0 Å². The lowest BCUT2D eigenvalue weighted by Crippen LogP contribution is -2.22. The Morgan fingerprint density at radius 1 is 1.31 bits per heavy atom. The smallest absolute Gasteiger partial charge is 0.258 e. The lowest BCUT2D eigenvalue weighted by Gasteiger charge is -2.13. The summed E-state index contributed by atoms with van der Waals surface area (Å²) >= 11 is 3.55. The van der Waals surface area contributed by atoms with Crippen molar-refractivity contribution in [1.29, 1.82) is 0 Å². The molecule has 29 heavy (non-hydrogen) atoms. The molecular formula is C22H24BrN3O3. The van der Waals surface area contributed by atoms with Crippen molar-refractivity contribution >= 4 is 15.9 Å². The van der Waals surface area contributed by atoms with Crippen molar-refractivity contribution in [3.8, 4) is 28.6 Å². The number of hydrogen-bond acceptors (Lipinski definition) is 6. The first-order valence-electron chi connectivity index (χ1n) is 9.83. The van der Waals surface area contributed by atoms with E-state index in [1.54, 1.807) is 0 Å². The molecule has 0 saturated heterocycles. The summed E-state index contributed by atoms with van der Waals surface area (Å²) in [6, 6.07) is 12.2. The quantitative estimate of drug-likeness (QED) is 0.542. The van der Waals surface area contributed by atoms with E-state index in [1.807, 2.05) is 44.2 Å². The van der Waals surface area contributed by atoms with Crippen LogP contribution in [0.25, 0.3) is 22.8 Å². The molecule has 1 aromatic heterocycles. The van der Waals surface area contributed by atoms with Crippen molar-refractivity contribution < 1.29 is 14.4 Å². The van der Waals surface area contributed by atoms with Crippen molar-refractivity contribution in [2.75, 3.05) is 13.2 Å². The highest BCUT2D eigenvalue weighted by molar-refractivity contribution is 9.10. The van der Waals surface area contributed by atoms with E-state index in [9.17, 15) is 0 Å². The molecule has 4 rings (SSSR count). The number of halogens is 1. The van der Waals surface area contributed by atoms with Crippen LogP contribution >= 0.6 is 15.9 Å². The summed E-state index contributed by atoms with van der Waals surface area (Å²) in [6.45, 7) is 4.71. The van der Waals surface area contributed by atoms with Gasteiger partial charge in [-0.25, -0.2) is 0 Å². The van der Waals surface area contributed by atoms with E-state index in [-0.39, 0.29) is 18.8 Å². The number of ether oxygens (including phenoxy) is 1. The minimum absolute atomic E-state index is 0.100. The zero-order valence-corrected chi connectivity index (χ0v) is 18.1. The average Bonchev–Trinajstić information content (AvgIpc) is 3.35. The third kappa shape index (κ3) is 4.22. The summed E-state index contributed by atoms with van der Waals surface area (Å²) < 4.78 is 12.2. The number of nitrogens with zero attached hydrogens (tertiary/aromatic N) is 2. The lowest BCUT2D eigenvalue weighted by atomic mass is 10.0. The second kappa shape index (κ2) is 8.65. The maximum atomic E-state index is 9.09. The molecule has 2 aromatic carbocycles. The molecule has 0 aliphatic heterocycles. The van der Waals surface area contributed by atoms with Gasteiger partial charge in [0.25, 0.3) is 5.89 Å². The number of rotatable bonds is 7. The molecule has 2 N–H and O–H groups in total. The summed E-state index contributed by atoms with van der Waals surface area (Å²) in [7, 11) is 0. The summed E-state index contributed by atoms with van der Waals surface area (Å²) in [5, 5.41) is 16.7. The Labute approximate surface area is 178 Å². The Morgan fingerprint density at radius 3 is 2.93 bits per heavy atom. The maximum Gasteiger partial charge on any atom is 0.258 e. The van der Waals surface area contributed by atoms with Gasteiger partial charge < -0.3 is 19.7 Å². The highest BCUT2D eigenvalue weighted by atomic mass is 79.9. The predicted octanol–water partition coefficient (Wildman–Crippen LogP) is 4.52. The second-order valence-electron chi connectivity index (χ2n) is 7.38. The van der Waals surface area contributed by atoms with Crippen LogP contribution in [0.3, 0.4) is 0 Å². The average molecular weight is 458 g/mol. The van der Waals surface area contributed by atoms with Crippen LogP contribution in [0.4, 0.5) is 0 Å². The molecule has 0 bridgehead atoms. The highest BCUT2D eigenvalue weighted by Crippen LogP contribution is 2.37. The fourth-order valence-corrected chi connectivity index (χ4v) is 4.22. The molecule has 0 fully saturated rings. The lowest BCUT2D eigenvalue weighted by molar-refractivity contribution is 0.241. The Morgan fingerprint density at radius 2 is 2.17 bits per heavy atom. The zero-order valence-electron chi connectivity index (χ0n) is 16.5. The Hall–Kier alpha value is -2.22. The number of benzene rings is 2. The number of aliphatic hydroxyl groups excluding tert-OH is 1. The first-order chi connectivity index (χ1) is 14.1. The van der Waals surface area contributed by atoms with Gasteiger partial charge >= 0.3 is 0 Å². The van der Waals surface area contributed by atoms with Crippen LogP contribution < -0.4 is 10.1 Å². The first-order valence-corrected chi connectivity index (χ1v) is 10.6. The minimum Gasteiger partial charge on any atom is -0.490 e. The van der Waals surface area contributed by atoms with Crippen LogP contribution in [0.2, 0.25) is 0 Å². The summed E-state index contributed by atoms with van der Waals surface area (Å²) in [4.78, 5) is 4.65. The van der Waals surface area contributed by atoms with Gasteiger partial charge in [0, 0.05) is 23.7 Å². The Balaban J connectivity index is 1.61. The van der Waals surface area contributed by atoms with Crippen molar-refractivity contribution in [2.45, 2.75) is 38.8 Å². The fraction of sp³-hybridized carbons (Fsp3) is 0.364. The highest BCUT2D eigenvalue weighted by Gasteiger charge is 2.26. The molecule has 6 nitrogen and oxygen atoms in total. The Bertz CT molecular complexity index is 1000. The van der Waals surface area contributed by atoms with E-state index in [1.165, 1.54) is 11.1 Å². The number of aliphatic hydroxyl groups is 1. The molecular weight excluding hydrogens is 434 g/mol. The van der Waals surface area contributed by atoms with Gasteiger partial charge in [0.1, 0.15) is 5.75 Å². The summed E-state index contributed by atoms with van der Waals surface area (Å²) in [5.41, 5.74) is 4.34. The van der Waals surface area contributed by atoms with Crippen molar-refractivity contribution in [3.63, 3.8) is 0 Å². The third-order valence-electron chi connectivity index (χ3n) is 4.98. The molecule has 1 aliphatic rings. The molecule has 1 atom stereocenters. The van der Waals surface area contributed by atoms with Crippen LogP contribution in [-0.2, 0) is 6.42 Å². The van der Waals surface area contributed by atoms with Crippen molar-refractivity contribution in [2.24, 2.45) is 0 Å². The number of hydrogen-bond donors (Lipinski definition) is 2. The van der Waals surface area contributed by atoms with Crippen LogP contribution in [0.5, 0.6) is 5.75 Å². The molecule has 0 saturated carbocycles. The van der Waals surface area contributed by atoms with E-state index in [0.717, 1.165) is 34.2 Å². The molecule has 7 heteroatoms. The normalized spacial score (nSPS) is 15.7. The molecule has 152 valence electrons. The Kier molecular flexibility index (Phi) is 5.99. The summed E-state index contributed by atoms with van der Waals surface area (Å²) in [6.07, 6.45) is 2.05. The molecule has 1 heterocycles. The van der Waals surface area contributed by atoms with Gasteiger partial charge in [-0.05, 0) is 71.9 Å². The van der Waals surface area contributed by atoms with Crippen molar-refractivity contribution in [3.05, 3.63) is 52.0 Å². The van der Waals surface area contributed by atoms with Crippen LogP contribution in [0.15, 0.2) is 45.4 Å². The van der Waals surface area contributed by atoms with E-state index in [2.05, 4.69) is 37.5 Å². The molecule has 0 spiro atoms. The zero-order chi connectivity index (χ0) is 20.4. The van der Waals surface area contributed by atoms with E-state index >= 15 is 0 Å². The first kappa shape index (κ1) is 20.1. The second-order valence-corrected chi connectivity index (χ2v) is 8.23. The third-order valence-corrected chi connectivity index (χ3v) is 5.60. The molecule has 3 aromatic rings.